The van der Waals surface area contributed by atoms with Gasteiger partial charge in [0.1, 0.15) is 0 Å². The molecule has 2 aliphatic rings. The number of hydrogen-bond donors (Lipinski definition) is 2. The molecule has 12 heteroatoms. The van der Waals surface area contributed by atoms with Crippen LogP contribution in [0, 0.1) is 13.8 Å². The number of carbonyl (C=O) groups is 2. The summed E-state index contributed by atoms with van der Waals surface area (Å²) in [5.74, 6) is -2.84. The average molecular weight is 522 g/mol. The van der Waals surface area contributed by atoms with Crippen LogP contribution in [0.2, 0.25) is 0 Å². The molecule has 0 spiro atoms. The molecule has 0 unspecified atom stereocenters. The Bertz CT molecular complexity index is 971. The number of piperazine rings is 1. The van der Waals surface area contributed by atoms with E-state index in [1.807, 2.05) is 19.9 Å². The Balaban J connectivity index is 0.000000540. The molecular formula is C23H34F3N3O5S. The van der Waals surface area contributed by atoms with E-state index in [1.165, 1.54) is 4.31 Å². The monoisotopic (exact) mass is 521 g/mol. The number of halogens is 3. The highest BCUT2D eigenvalue weighted by Crippen LogP contribution is 2.28. The number of aliphatic carboxylic acids is 1. The minimum Gasteiger partial charge on any atom is -0.475 e. The molecule has 3 rings (SSSR count). The van der Waals surface area contributed by atoms with Crippen LogP contribution >= 0.6 is 0 Å². The fourth-order valence-electron chi connectivity index (χ4n) is 4.11. The smallest absolute Gasteiger partial charge is 0.475 e. The molecular weight excluding hydrogens is 487 g/mol. The Hall–Kier alpha value is -2.18. The van der Waals surface area contributed by atoms with Crippen LogP contribution in [0.25, 0.3) is 0 Å². The fraction of sp³-hybridized carbons (Fsp3) is 0.652. The second kappa shape index (κ2) is 12.7. The Kier molecular flexibility index (Phi) is 10.5. The van der Waals surface area contributed by atoms with E-state index < -0.39 is 22.2 Å². The SMILES string of the molecule is Cc1ccc(S(=O)(=O)N(CC(=O)N2CCNCC2)C2CCCCCC2)cc1C.O=C(O)C(F)(F)F. The normalized spacial score (nSPS) is 17.9. The van der Waals surface area contributed by atoms with Crippen LogP contribution in [0.1, 0.15) is 49.7 Å². The van der Waals surface area contributed by atoms with Crippen molar-refractivity contribution in [3.05, 3.63) is 29.3 Å². The first kappa shape index (κ1) is 29.1. The number of carboxylic acid groups (broad SMARTS) is 1. The molecule has 1 saturated heterocycles. The van der Waals surface area contributed by atoms with Gasteiger partial charge in [-0.05, 0) is 49.9 Å². The van der Waals surface area contributed by atoms with Gasteiger partial charge in [-0.25, -0.2) is 13.2 Å². The molecule has 1 aromatic carbocycles. The first-order valence-electron chi connectivity index (χ1n) is 11.7. The summed E-state index contributed by atoms with van der Waals surface area (Å²) >= 11 is 0. The third kappa shape index (κ3) is 8.46. The molecule has 1 saturated carbocycles. The number of carbonyl (C=O) groups excluding carboxylic acids is 1. The topological polar surface area (TPSA) is 107 Å². The highest BCUT2D eigenvalue weighted by molar-refractivity contribution is 7.89. The second-order valence-corrected chi connectivity index (χ2v) is 10.8. The Morgan fingerprint density at radius 1 is 1.06 bits per heavy atom. The lowest BCUT2D eigenvalue weighted by molar-refractivity contribution is -0.192. The molecule has 1 aliphatic heterocycles. The van der Waals surface area contributed by atoms with Crippen LogP contribution < -0.4 is 5.32 Å². The Morgan fingerprint density at radius 3 is 2.09 bits per heavy atom. The van der Waals surface area contributed by atoms with Gasteiger partial charge in [0, 0.05) is 32.2 Å². The van der Waals surface area contributed by atoms with Crippen LogP contribution in [0.15, 0.2) is 23.1 Å². The lowest BCUT2D eigenvalue weighted by Crippen LogP contribution is -2.52. The van der Waals surface area contributed by atoms with Crippen molar-refractivity contribution in [1.29, 1.82) is 0 Å². The highest BCUT2D eigenvalue weighted by atomic mass is 32.2. The third-order valence-corrected chi connectivity index (χ3v) is 8.21. The summed E-state index contributed by atoms with van der Waals surface area (Å²) in [4.78, 5) is 23.9. The van der Waals surface area contributed by atoms with E-state index in [2.05, 4.69) is 5.32 Å². The minimum absolute atomic E-state index is 0.0556. The molecule has 0 bridgehead atoms. The van der Waals surface area contributed by atoms with Gasteiger partial charge in [0.05, 0.1) is 11.4 Å². The molecule has 8 nitrogen and oxygen atoms in total. The summed E-state index contributed by atoms with van der Waals surface area (Å²) in [6.07, 6.45) is 0.897. The summed E-state index contributed by atoms with van der Waals surface area (Å²) in [7, 11) is -3.72. The van der Waals surface area contributed by atoms with Crippen LogP contribution in [0.3, 0.4) is 0 Å². The first-order chi connectivity index (χ1) is 16.3. The number of hydrogen-bond acceptors (Lipinski definition) is 5. The van der Waals surface area contributed by atoms with Gasteiger partial charge in [-0.2, -0.15) is 17.5 Å². The Labute approximate surface area is 204 Å². The van der Waals surface area contributed by atoms with Gasteiger partial charge in [0.2, 0.25) is 15.9 Å². The first-order valence-corrected chi connectivity index (χ1v) is 13.2. The van der Waals surface area contributed by atoms with Crippen LogP contribution in [0.4, 0.5) is 13.2 Å². The van der Waals surface area contributed by atoms with Crippen LogP contribution in [0.5, 0.6) is 0 Å². The molecule has 1 aromatic rings. The average Bonchev–Trinajstić information content (AvgIpc) is 3.08. The van der Waals surface area contributed by atoms with Gasteiger partial charge in [-0.3, -0.25) is 4.79 Å². The molecule has 1 heterocycles. The molecule has 2 fully saturated rings. The van der Waals surface area contributed by atoms with Gasteiger partial charge >= 0.3 is 12.1 Å². The fourth-order valence-corrected chi connectivity index (χ4v) is 5.83. The highest BCUT2D eigenvalue weighted by Gasteiger charge is 2.38. The van der Waals surface area contributed by atoms with E-state index in [0.717, 1.165) is 62.7 Å². The zero-order chi connectivity index (χ0) is 26.2. The molecule has 2 N–H and O–H groups in total. The number of nitrogens with zero attached hydrogens (tertiary/aromatic N) is 2. The maximum Gasteiger partial charge on any atom is 0.490 e. The zero-order valence-electron chi connectivity index (χ0n) is 20.1. The third-order valence-electron chi connectivity index (χ3n) is 6.32. The second-order valence-electron chi connectivity index (χ2n) is 8.88. The van der Waals surface area contributed by atoms with Crippen LogP contribution in [-0.4, -0.2) is 79.5 Å². The van der Waals surface area contributed by atoms with E-state index in [0.29, 0.717) is 18.0 Å². The number of aryl methyl sites for hydroxylation is 2. The van der Waals surface area contributed by atoms with E-state index in [-0.39, 0.29) is 18.5 Å². The van der Waals surface area contributed by atoms with Gasteiger partial charge in [0.15, 0.2) is 0 Å². The van der Waals surface area contributed by atoms with Crippen molar-refractivity contribution in [2.45, 2.75) is 69.5 Å². The quantitative estimate of drug-likeness (QED) is 0.577. The maximum atomic E-state index is 13.6. The molecule has 35 heavy (non-hydrogen) atoms. The standard InChI is InChI=1S/C21H33N3O3S.C2HF3O2/c1-17-9-10-20(15-18(17)2)28(26,27)24(19-7-5-3-4-6-8-19)16-21(25)23-13-11-22-12-14-23;3-2(4,5)1(6)7/h9-10,15,19,22H,3-8,11-14,16H2,1-2H3;(H,6,7). The predicted octanol–water partition coefficient (Wildman–Crippen LogP) is 3.08. The van der Waals surface area contributed by atoms with Crippen molar-refractivity contribution in [3.63, 3.8) is 0 Å². The minimum atomic E-state index is -5.08. The lowest BCUT2D eigenvalue weighted by atomic mass is 10.1. The Morgan fingerprint density at radius 2 is 1.60 bits per heavy atom. The molecule has 0 atom stereocenters. The van der Waals surface area contributed by atoms with Gasteiger partial charge in [0.25, 0.3) is 0 Å². The van der Waals surface area contributed by atoms with E-state index >= 15 is 0 Å². The van der Waals surface area contributed by atoms with E-state index in [9.17, 15) is 26.4 Å². The van der Waals surface area contributed by atoms with Gasteiger partial charge in [-0.15, -0.1) is 0 Å². The predicted molar refractivity (Wildman–Crippen MR) is 124 cm³/mol. The zero-order valence-corrected chi connectivity index (χ0v) is 20.9. The van der Waals surface area contributed by atoms with E-state index in [1.54, 1.807) is 17.0 Å². The van der Waals surface area contributed by atoms with Gasteiger partial charge < -0.3 is 15.3 Å². The largest absolute Gasteiger partial charge is 0.490 e. The van der Waals surface area contributed by atoms with Gasteiger partial charge in [-0.1, -0.05) is 31.7 Å². The molecule has 1 aliphatic carbocycles. The number of nitrogens with one attached hydrogen (secondary N) is 1. The summed E-state index contributed by atoms with van der Waals surface area (Å²) in [5.41, 5.74) is 2.02. The van der Waals surface area contributed by atoms with Crippen molar-refractivity contribution < 1.29 is 36.3 Å². The summed E-state index contributed by atoms with van der Waals surface area (Å²) in [6.45, 7) is 6.65. The number of sulfonamides is 1. The molecule has 0 radical (unpaired) electrons. The summed E-state index contributed by atoms with van der Waals surface area (Å²) in [6, 6.07) is 5.17. The number of rotatable bonds is 5. The maximum absolute atomic E-state index is 13.6. The lowest BCUT2D eigenvalue weighted by Gasteiger charge is -2.33. The van der Waals surface area contributed by atoms with Crippen molar-refractivity contribution in [2.24, 2.45) is 0 Å². The summed E-state index contributed by atoms with van der Waals surface area (Å²) < 4.78 is 60.4. The van der Waals surface area contributed by atoms with Crippen molar-refractivity contribution >= 4 is 21.9 Å². The molecule has 0 aromatic heterocycles. The number of benzene rings is 1. The number of alkyl halides is 3. The summed E-state index contributed by atoms with van der Waals surface area (Å²) in [5, 5.41) is 10.4. The molecule has 1 amide bonds. The van der Waals surface area contributed by atoms with Crippen LogP contribution in [-0.2, 0) is 19.6 Å². The molecule has 198 valence electrons. The van der Waals surface area contributed by atoms with Crippen molar-refractivity contribution in [1.82, 2.24) is 14.5 Å². The number of carboxylic acids is 1. The van der Waals surface area contributed by atoms with Crippen molar-refractivity contribution in [2.75, 3.05) is 32.7 Å². The van der Waals surface area contributed by atoms with E-state index in [4.69, 9.17) is 9.90 Å². The number of amides is 1. The van der Waals surface area contributed by atoms with Crippen molar-refractivity contribution in [3.8, 4) is 0 Å².